The van der Waals surface area contributed by atoms with E-state index in [4.69, 9.17) is 18.9 Å². The van der Waals surface area contributed by atoms with Gasteiger partial charge in [-0.15, -0.1) is 0 Å². The summed E-state index contributed by atoms with van der Waals surface area (Å²) in [5.41, 5.74) is 1.81. The van der Waals surface area contributed by atoms with Gasteiger partial charge in [-0.1, -0.05) is 39.8 Å². The molecule has 0 aliphatic heterocycles. The largest absolute Gasteiger partial charge is 0.513 e. The monoisotopic (exact) mass is 388 g/mol. The molecule has 6 nitrogen and oxygen atoms in total. The number of carbonyl (C=O) groups excluding carboxylic acids is 2. The second-order valence-electron chi connectivity index (χ2n) is 6.35. The molecule has 152 valence electrons. The van der Waals surface area contributed by atoms with Gasteiger partial charge in [0.15, 0.2) is 0 Å². The molecule has 0 aliphatic rings. The van der Waals surface area contributed by atoms with E-state index in [1.807, 2.05) is 45.9 Å². The van der Waals surface area contributed by atoms with Crippen LogP contribution in [0.2, 0.25) is 0 Å². The van der Waals surface area contributed by atoms with Gasteiger partial charge in [-0.05, 0) is 48.9 Å². The van der Waals surface area contributed by atoms with Crippen molar-refractivity contribution in [1.29, 1.82) is 0 Å². The molecule has 0 N–H and O–H groups in total. The summed E-state index contributed by atoms with van der Waals surface area (Å²) in [6.07, 6.45) is 1.34. The molecule has 0 amide bonds. The third-order valence-corrected chi connectivity index (χ3v) is 4.21. The number of carbonyl (C=O) groups is 2. The van der Waals surface area contributed by atoms with Gasteiger partial charge in [0.1, 0.15) is 11.5 Å². The first kappa shape index (κ1) is 21.5. The first-order valence-electron chi connectivity index (χ1n) is 9.81. The zero-order valence-electron chi connectivity index (χ0n) is 17.0. The average molecular weight is 388 g/mol. The quantitative estimate of drug-likeness (QED) is 0.419. The van der Waals surface area contributed by atoms with Crippen molar-refractivity contribution in [3.05, 3.63) is 35.4 Å². The van der Waals surface area contributed by atoms with E-state index < -0.39 is 12.3 Å². The van der Waals surface area contributed by atoms with Gasteiger partial charge in [-0.25, -0.2) is 9.59 Å². The minimum absolute atomic E-state index is 0.294. The molecule has 0 bridgehead atoms. The summed E-state index contributed by atoms with van der Waals surface area (Å²) >= 11 is 0. The molecule has 0 spiro atoms. The second-order valence-corrected chi connectivity index (χ2v) is 6.35. The van der Waals surface area contributed by atoms with Crippen molar-refractivity contribution in [3.63, 3.8) is 0 Å². The Kier molecular flexibility index (Phi) is 8.11. The zero-order valence-corrected chi connectivity index (χ0v) is 17.0. The molecule has 0 fully saturated rings. The molecular formula is C22H28O6. The highest BCUT2D eigenvalue weighted by atomic mass is 16.7. The normalized spacial score (nSPS) is 10.6. The fourth-order valence-corrected chi connectivity index (χ4v) is 2.76. The molecule has 2 aromatic carbocycles. The predicted molar refractivity (Wildman–Crippen MR) is 107 cm³/mol. The fourth-order valence-electron chi connectivity index (χ4n) is 2.76. The van der Waals surface area contributed by atoms with E-state index in [0.717, 1.165) is 17.5 Å². The maximum Gasteiger partial charge on any atom is 0.513 e. The maximum atomic E-state index is 12.0. The third-order valence-electron chi connectivity index (χ3n) is 4.21. The first-order chi connectivity index (χ1) is 13.5. The van der Waals surface area contributed by atoms with Crippen molar-refractivity contribution in [2.45, 2.75) is 53.4 Å². The molecule has 0 saturated carbocycles. The molecule has 0 aromatic heterocycles. The van der Waals surface area contributed by atoms with Crippen LogP contribution in [0.4, 0.5) is 9.59 Å². The summed E-state index contributed by atoms with van der Waals surface area (Å²) in [5, 5.41) is 1.37. The SMILES string of the molecule is CCCOC(=O)Oc1cc(CC)c(OC(=O)OCCC)c2ccc(CC)cc12. The number of rotatable bonds is 8. The lowest BCUT2D eigenvalue weighted by Gasteiger charge is -2.16. The van der Waals surface area contributed by atoms with Gasteiger partial charge in [0.2, 0.25) is 0 Å². The second kappa shape index (κ2) is 10.5. The van der Waals surface area contributed by atoms with E-state index >= 15 is 0 Å². The van der Waals surface area contributed by atoms with Crippen LogP contribution in [0.3, 0.4) is 0 Å². The third kappa shape index (κ3) is 5.38. The molecule has 0 atom stereocenters. The molecule has 2 rings (SSSR count). The van der Waals surface area contributed by atoms with Crippen molar-refractivity contribution in [3.8, 4) is 11.5 Å². The van der Waals surface area contributed by atoms with Gasteiger partial charge < -0.3 is 18.9 Å². The van der Waals surface area contributed by atoms with Gasteiger partial charge in [-0.2, -0.15) is 0 Å². The zero-order chi connectivity index (χ0) is 20.5. The minimum atomic E-state index is -0.747. The Hall–Kier alpha value is -2.76. The van der Waals surface area contributed by atoms with E-state index in [9.17, 15) is 9.59 Å². The van der Waals surface area contributed by atoms with Crippen molar-refractivity contribution < 1.29 is 28.5 Å². The Balaban J connectivity index is 2.50. The van der Waals surface area contributed by atoms with Crippen molar-refractivity contribution in [1.82, 2.24) is 0 Å². The summed E-state index contributed by atoms with van der Waals surface area (Å²) in [4.78, 5) is 24.0. The molecule has 28 heavy (non-hydrogen) atoms. The Morgan fingerprint density at radius 1 is 0.786 bits per heavy atom. The topological polar surface area (TPSA) is 71.1 Å². The molecule has 0 unspecified atom stereocenters. The molecule has 0 radical (unpaired) electrons. The predicted octanol–water partition coefficient (Wildman–Crippen LogP) is 5.82. The van der Waals surface area contributed by atoms with E-state index in [0.29, 0.717) is 54.7 Å². The molecular weight excluding hydrogens is 360 g/mol. The smallest absolute Gasteiger partial charge is 0.434 e. The summed E-state index contributed by atoms with van der Waals surface area (Å²) in [6.45, 7) is 8.39. The van der Waals surface area contributed by atoms with Gasteiger partial charge in [0.05, 0.1) is 13.2 Å². The molecule has 2 aromatic rings. The van der Waals surface area contributed by atoms with Crippen LogP contribution >= 0.6 is 0 Å². The summed E-state index contributed by atoms with van der Waals surface area (Å²) in [5.74, 6) is 0.813. The Bertz CT molecular complexity index is 827. The number of ether oxygens (including phenoxy) is 4. The standard InChI is InChI=1S/C22H28O6/c1-5-11-25-21(23)27-19-14-16(8-4)20(28-22(24)26-12-6-2)17-10-9-15(7-3)13-18(17)19/h9-10,13-14H,5-8,11-12H2,1-4H3. The van der Waals surface area contributed by atoms with Crippen LogP contribution in [0.1, 0.15) is 51.7 Å². The van der Waals surface area contributed by atoms with Crippen LogP contribution in [-0.4, -0.2) is 25.5 Å². The van der Waals surface area contributed by atoms with Crippen LogP contribution < -0.4 is 9.47 Å². The lowest BCUT2D eigenvalue weighted by atomic mass is 9.99. The van der Waals surface area contributed by atoms with Gasteiger partial charge in [0.25, 0.3) is 0 Å². The molecule has 6 heteroatoms. The van der Waals surface area contributed by atoms with E-state index in [1.165, 1.54) is 0 Å². The molecule has 0 aliphatic carbocycles. The van der Waals surface area contributed by atoms with E-state index in [2.05, 4.69) is 0 Å². The average Bonchev–Trinajstić information content (AvgIpc) is 2.71. The van der Waals surface area contributed by atoms with Crippen molar-refractivity contribution >= 4 is 23.1 Å². The van der Waals surface area contributed by atoms with Gasteiger partial charge in [-0.3, -0.25) is 0 Å². The van der Waals surface area contributed by atoms with Crippen molar-refractivity contribution in [2.75, 3.05) is 13.2 Å². The molecule has 0 saturated heterocycles. The Morgan fingerprint density at radius 3 is 2.00 bits per heavy atom. The van der Waals surface area contributed by atoms with Crippen molar-refractivity contribution in [2.24, 2.45) is 0 Å². The van der Waals surface area contributed by atoms with Crippen LogP contribution in [-0.2, 0) is 22.3 Å². The lowest BCUT2D eigenvalue weighted by Crippen LogP contribution is -2.14. The highest BCUT2D eigenvalue weighted by Gasteiger charge is 2.19. The highest BCUT2D eigenvalue weighted by Crippen LogP contribution is 2.38. The number of hydrogen-bond acceptors (Lipinski definition) is 6. The summed E-state index contributed by atoms with van der Waals surface area (Å²) in [6, 6.07) is 7.49. The van der Waals surface area contributed by atoms with Crippen LogP contribution in [0.15, 0.2) is 24.3 Å². The number of aryl methyl sites for hydroxylation is 2. The lowest BCUT2D eigenvalue weighted by molar-refractivity contribution is 0.0974. The first-order valence-corrected chi connectivity index (χ1v) is 9.81. The Labute approximate surface area is 165 Å². The van der Waals surface area contributed by atoms with Gasteiger partial charge >= 0.3 is 12.3 Å². The Morgan fingerprint density at radius 2 is 1.43 bits per heavy atom. The highest BCUT2D eigenvalue weighted by molar-refractivity contribution is 5.97. The van der Waals surface area contributed by atoms with Crippen LogP contribution in [0.5, 0.6) is 11.5 Å². The van der Waals surface area contributed by atoms with Crippen LogP contribution in [0.25, 0.3) is 10.8 Å². The van der Waals surface area contributed by atoms with E-state index in [1.54, 1.807) is 6.07 Å². The fraction of sp³-hybridized carbons (Fsp3) is 0.455. The number of fused-ring (bicyclic) bond motifs is 1. The maximum absolute atomic E-state index is 12.0. The number of hydrogen-bond donors (Lipinski definition) is 0. The van der Waals surface area contributed by atoms with E-state index in [-0.39, 0.29) is 0 Å². The summed E-state index contributed by atoms with van der Waals surface area (Å²) in [7, 11) is 0. The van der Waals surface area contributed by atoms with Crippen LogP contribution in [0, 0.1) is 0 Å². The summed E-state index contributed by atoms with van der Waals surface area (Å²) < 4.78 is 21.1. The van der Waals surface area contributed by atoms with Gasteiger partial charge in [0, 0.05) is 10.8 Å². The minimum Gasteiger partial charge on any atom is -0.434 e. The number of benzene rings is 2. The molecule has 0 heterocycles.